The Kier molecular flexibility index (Phi) is 19.0. The van der Waals surface area contributed by atoms with Crippen LogP contribution in [0.25, 0.3) is 21.8 Å². The Morgan fingerprint density at radius 3 is 1.35 bits per heavy atom. The van der Waals surface area contributed by atoms with Gasteiger partial charge in [-0.25, -0.2) is 14.4 Å². The van der Waals surface area contributed by atoms with Gasteiger partial charge in [0.25, 0.3) is 11.8 Å². The van der Waals surface area contributed by atoms with Gasteiger partial charge in [-0.2, -0.15) is 0 Å². The van der Waals surface area contributed by atoms with Crippen LogP contribution in [0.4, 0.5) is 4.79 Å². The van der Waals surface area contributed by atoms with E-state index in [4.69, 9.17) is 36.6 Å². The number of rotatable bonds is 26. The van der Waals surface area contributed by atoms with Crippen molar-refractivity contribution >= 4 is 63.4 Å². The van der Waals surface area contributed by atoms with E-state index in [1.807, 2.05) is 27.7 Å². The summed E-state index contributed by atoms with van der Waals surface area (Å²) in [7, 11) is 3.05. The lowest BCUT2D eigenvalue weighted by Crippen LogP contribution is -2.48. The van der Waals surface area contributed by atoms with Gasteiger partial charge in [0.15, 0.2) is 11.5 Å². The van der Waals surface area contributed by atoms with Gasteiger partial charge in [-0.05, 0) is 101 Å². The number of carbonyl (C=O) groups is 7. The molecule has 440 valence electrons. The van der Waals surface area contributed by atoms with Crippen molar-refractivity contribution in [2.24, 2.45) is 23.7 Å². The molecule has 6 N–H and O–H groups in total. The van der Waals surface area contributed by atoms with Crippen LogP contribution in [0.1, 0.15) is 125 Å². The van der Waals surface area contributed by atoms with Gasteiger partial charge >= 0.3 is 17.8 Å². The lowest BCUT2D eigenvalue weighted by molar-refractivity contribution is -0.134. The second kappa shape index (κ2) is 26.2. The zero-order valence-corrected chi connectivity index (χ0v) is 47.0. The Balaban J connectivity index is 0.818. The maximum atomic E-state index is 14.0. The lowest BCUT2D eigenvalue weighted by Gasteiger charge is -2.27. The predicted molar refractivity (Wildman–Crippen MR) is 292 cm³/mol. The summed E-state index contributed by atoms with van der Waals surface area (Å²) in [5.41, 5.74) is 1.76. The fraction of sp³-hybridized carbons (Fsp3) is 0.491. The number of aromatic nitrogens is 2. The zero-order chi connectivity index (χ0) is 58.9. The molecule has 2 aliphatic rings. The van der Waals surface area contributed by atoms with Crippen LogP contribution in [0.2, 0.25) is 0 Å². The molecule has 0 aliphatic carbocycles. The van der Waals surface area contributed by atoms with Crippen molar-refractivity contribution < 1.29 is 70.2 Å². The first kappa shape index (κ1) is 59.4. The number of fused-ring (bicyclic) bond motifs is 2. The summed E-state index contributed by atoms with van der Waals surface area (Å²) in [5.74, 6) is -5.11. The number of benzene rings is 2. The first-order chi connectivity index (χ1) is 39.2. The first-order valence-electron chi connectivity index (χ1n) is 27.3. The number of nitrogens with one attached hydrogen (secondary N) is 6. The van der Waals surface area contributed by atoms with Crippen molar-refractivity contribution in [2.45, 2.75) is 116 Å². The molecule has 2 aliphatic heterocycles. The topological polar surface area (TPSA) is 329 Å². The van der Waals surface area contributed by atoms with Gasteiger partial charge in [0.2, 0.25) is 23.6 Å². The van der Waals surface area contributed by atoms with Crippen LogP contribution in [-0.2, 0) is 28.7 Å². The highest BCUT2D eigenvalue weighted by Gasteiger charge is 2.41. The summed E-state index contributed by atoms with van der Waals surface area (Å²) < 4.78 is 42.1. The number of likely N-dealkylation sites (tertiary alicyclic amines) is 2. The maximum Gasteiger partial charge on any atom is 0.518 e. The van der Waals surface area contributed by atoms with E-state index < -0.39 is 89.5 Å². The molecule has 2 saturated heterocycles. The SMILES string of the molecule is COc1cccc2[nH]c(C(=O)N[C@@H](CC(C)C)C(=O)N[C@@H](C[C@@H]3CCN([C@@H](C)COC(=O)OC[C@H](C)N4CC[C@@H](C[C@H](NC(=O)[C@H](CC(C)C)NC(=O)c5cc6c(OC)cccc6[nH]5)c5coc(=O)o5)C4=O)C3=O)c3coc(=O)o3)cc12. The third-order valence-corrected chi connectivity index (χ3v) is 14.8. The number of aromatic amines is 2. The van der Waals surface area contributed by atoms with Crippen LogP contribution in [0.5, 0.6) is 11.5 Å². The third kappa shape index (κ3) is 14.2. The smallest absolute Gasteiger partial charge is 0.496 e. The molecule has 2 aromatic carbocycles. The Morgan fingerprint density at radius 2 is 1.00 bits per heavy atom. The normalized spacial score (nSPS) is 17.6. The number of methoxy groups -OCH3 is 2. The Hall–Kier alpha value is -8.77. The molecular formula is C57H70N8O17. The summed E-state index contributed by atoms with van der Waals surface area (Å²) >= 11 is 0. The molecule has 0 radical (unpaired) electrons. The van der Waals surface area contributed by atoms with E-state index in [0.717, 1.165) is 12.5 Å². The van der Waals surface area contributed by atoms with E-state index >= 15 is 0 Å². The van der Waals surface area contributed by atoms with E-state index in [1.54, 1.807) is 72.2 Å². The average molecular weight is 1140 g/mol. The quantitative estimate of drug-likeness (QED) is 0.0346. The number of nitrogens with zero attached hydrogens (tertiary/aromatic N) is 2. The van der Waals surface area contributed by atoms with Crippen molar-refractivity contribution in [1.82, 2.24) is 41.0 Å². The van der Waals surface area contributed by atoms with Gasteiger partial charge in [0.05, 0.1) is 38.4 Å². The molecule has 4 aromatic heterocycles. The molecule has 6 aromatic rings. The van der Waals surface area contributed by atoms with E-state index in [0.29, 0.717) is 46.1 Å². The average Bonchev–Trinajstić information content (AvgIpc) is 4.51. The summed E-state index contributed by atoms with van der Waals surface area (Å²) in [6.45, 7) is 11.1. The molecule has 82 heavy (non-hydrogen) atoms. The number of hydrogen-bond acceptors (Lipinski definition) is 17. The van der Waals surface area contributed by atoms with Gasteiger partial charge in [-0.1, -0.05) is 39.8 Å². The van der Waals surface area contributed by atoms with E-state index in [1.165, 1.54) is 14.2 Å². The van der Waals surface area contributed by atoms with Crippen LogP contribution in [0.15, 0.2) is 88.3 Å². The van der Waals surface area contributed by atoms with Crippen molar-refractivity contribution in [1.29, 1.82) is 0 Å². The van der Waals surface area contributed by atoms with E-state index in [2.05, 4.69) is 31.2 Å². The highest BCUT2D eigenvalue weighted by Crippen LogP contribution is 2.33. The van der Waals surface area contributed by atoms with Gasteiger partial charge < -0.3 is 77.7 Å². The molecule has 25 heteroatoms. The molecule has 6 amide bonds. The van der Waals surface area contributed by atoms with Crippen molar-refractivity contribution in [3.05, 3.63) is 105 Å². The Morgan fingerprint density at radius 1 is 0.598 bits per heavy atom. The summed E-state index contributed by atoms with van der Waals surface area (Å²) in [4.78, 5) is 129. The second-order valence-corrected chi connectivity index (χ2v) is 21.7. The lowest BCUT2D eigenvalue weighted by atomic mass is 9.96. The number of ether oxygens (including phenoxy) is 4. The summed E-state index contributed by atoms with van der Waals surface area (Å²) in [5, 5.41) is 12.8. The molecule has 0 bridgehead atoms. The number of H-pyrrole nitrogens is 2. The van der Waals surface area contributed by atoms with Crippen LogP contribution >= 0.6 is 0 Å². The van der Waals surface area contributed by atoms with Gasteiger partial charge in [0, 0.05) is 46.7 Å². The summed E-state index contributed by atoms with van der Waals surface area (Å²) in [6.07, 6.45) is 2.34. The fourth-order valence-electron chi connectivity index (χ4n) is 10.6. The molecule has 2 fully saturated rings. The van der Waals surface area contributed by atoms with Crippen LogP contribution in [-0.4, -0.2) is 126 Å². The van der Waals surface area contributed by atoms with Gasteiger partial charge in [-0.15, -0.1) is 0 Å². The van der Waals surface area contributed by atoms with E-state index in [9.17, 15) is 43.2 Å². The molecule has 8 atom stereocenters. The molecule has 6 heterocycles. The largest absolute Gasteiger partial charge is 0.518 e. The molecular weight excluding hydrogens is 1070 g/mol. The molecule has 0 unspecified atom stereocenters. The van der Waals surface area contributed by atoms with Crippen LogP contribution in [0, 0.1) is 23.7 Å². The van der Waals surface area contributed by atoms with Crippen LogP contribution < -0.4 is 42.4 Å². The second-order valence-electron chi connectivity index (χ2n) is 21.7. The minimum atomic E-state index is -1.03. The first-order valence-corrected chi connectivity index (χ1v) is 27.3. The van der Waals surface area contributed by atoms with Crippen molar-refractivity contribution in [3.8, 4) is 11.5 Å². The minimum absolute atomic E-state index is 0.00862. The van der Waals surface area contributed by atoms with Gasteiger partial charge in [-0.3, -0.25) is 28.8 Å². The number of carbonyl (C=O) groups excluding carboxylic acids is 7. The standard InChI is InChI=1S/C57H70N8O17/c1-29(2)19-41(62-51(68)43-23-35-37(58-43)11-9-13-45(35)75-7)49(66)60-39(47-27-79-56(73)81-47)21-33-15-17-64(53(33)70)31(5)25-77-55(72)78-26-32(6)65-18-16-34(54(65)71)22-40(48-28-80-57(74)82-48)61-50(67)42(20-30(3)4)63-52(69)44-24-36-38(59-44)12-10-14-46(36)76-8/h9-14,23-24,27-34,39-42,58-59H,15-22,25-26H2,1-8H3,(H,60,66)(H,61,67)(H,62,68)(H,63,69)/t31-,32-,33-,34-,39-,40-,41-,42-/m0/s1. The van der Waals surface area contributed by atoms with Gasteiger partial charge in [0.1, 0.15) is 60.7 Å². The van der Waals surface area contributed by atoms with Crippen LogP contribution in [0.3, 0.4) is 0 Å². The number of hydrogen-bond donors (Lipinski definition) is 6. The predicted octanol–water partition coefficient (Wildman–Crippen LogP) is 5.87. The minimum Gasteiger partial charge on any atom is -0.496 e. The highest BCUT2D eigenvalue weighted by molar-refractivity contribution is 6.02. The zero-order valence-electron chi connectivity index (χ0n) is 47.0. The van der Waals surface area contributed by atoms with Crippen molar-refractivity contribution in [2.75, 3.05) is 40.5 Å². The molecule has 0 spiro atoms. The Bertz CT molecular complexity index is 3170. The molecule has 0 saturated carbocycles. The number of amides is 6. The summed E-state index contributed by atoms with van der Waals surface area (Å²) in [6, 6.07) is 8.70. The third-order valence-electron chi connectivity index (χ3n) is 14.8. The maximum absolute atomic E-state index is 14.0. The highest BCUT2D eigenvalue weighted by atomic mass is 16.7. The van der Waals surface area contributed by atoms with Crippen molar-refractivity contribution in [3.63, 3.8) is 0 Å². The molecule has 8 rings (SSSR count). The van der Waals surface area contributed by atoms with E-state index in [-0.39, 0.29) is 98.5 Å². The molecule has 25 nitrogen and oxygen atoms in total. The Labute approximate surface area is 470 Å². The fourth-order valence-corrected chi connectivity index (χ4v) is 10.6. The monoisotopic (exact) mass is 1140 g/mol.